The second kappa shape index (κ2) is 7.01. The first-order valence-electron chi connectivity index (χ1n) is 8.73. The number of benzene rings is 3. The number of hydrogen-bond donors (Lipinski definition) is 1. The number of ether oxygens (including phenoxy) is 3. The third-order valence-electron chi connectivity index (χ3n) is 4.81. The Morgan fingerprint density at radius 3 is 2.14 bits per heavy atom. The maximum Gasteiger partial charge on any atom is 0.193 e. The second-order valence-electron chi connectivity index (χ2n) is 6.39. The van der Waals surface area contributed by atoms with Crippen molar-refractivity contribution in [2.45, 2.75) is 0 Å². The van der Waals surface area contributed by atoms with Crippen molar-refractivity contribution in [3.63, 3.8) is 0 Å². The number of hydrogen-bond acceptors (Lipinski definition) is 6. The Kier molecular flexibility index (Phi) is 4.50. The fraction of sp³-hybridized carbons (Fsp3) is 0.136. The first-order valence-corrected chi connectivity index (χ1v) is 8.73. The molecule has 0 amide bonds. The smallest absolute Gasteiger partial charge is 0.193 e. The minimum Gasteiger partial charge on any atom is -0.496 e. The molecule has 0 aliphatic rings. The minimum absolute atomic E-state index is 0.0125. The van der Waals surface area contributed by atoms with E-state index in [0.29, 0.717) is 39.0 Å². The van der Waals surface area contributed by atoms with Crippen LogP contribution < -0.4 is 25.4 Å². The van der Waals surface area contributed by atoms with Crippen LogP contribution in [-0.4, -0.2) is 21.3 Å². The Labute approximate surface area is 165 Å². The third-order valence-corrected chi connectivity index (χ3v) is 4.81. The van der Waals surface area contributed by atoms with Gasteiger partial charge in [-0.2, -0.15) is 0 Å². The molecule has 4 rings (SSSR count). The first kappa shape index (κ1) is 18.6. The number of halogens is 1. The average molecular weight is 395 g/mol. The topological polar surface area (TPSA) is 83.9 Å². The summed E-state index contributed by atoms with van der Waals surface area (Å²) in [5.41, 5.74) is 5.94. The summed E-state index contributed by atoms with van der Waals surface area (Å²) in [6.07, 6.45) is 0. The van der Waals surface area contributed by atoms with E-state index in [-0.39, 0.29) is 22.5 Å². The Bertz CT molecular complexity index is 1310. The van der Waals surface area contributed by atoms with Gasteiger partial charge in [-0.25, -0.2) is 4.39 Å². The molecule has 0 saturated carbocycles. The summed E-state index contributed by atoms with van der Waals surface area (Å²) >= 11 is 0. The molecule has 0 aliphatic heterocycles. The summed E-state index contributed by atoms with van der Waals surface area (Å²) in [5.74, 6) is 1.07. The van der Waals surface area contributed by atoms with E-state index >= 15 is 0 Å². The van der Waals surface area contributed by atoms with Crippen molar-refractivity contribution in [2.75, 3.05) is 27.1 Å². The molecule has 3 aromatic carbocycles. The van der Waals surface area contributed by atoms with Gasteiger partial charge in [0.05, 0.1) is 43.2 Å². The highest BCUT2D eigenvalue weighted by Gasteiger charge is 2.20. The number of anilines is 1. The van der Waals surface area contributed by atoms with Crippen LogP contribution in [0.25, 0.3) is 33.1 Å². The number of nitrogen functional groups attached to an aromatic ring is 1. The van der Waals surface area contributed by atoms with Crippen LogP contribution in [0.3, 0.4) is 0 Å². The van der Waals surface area contributed by atoms with Crippen LogP contribution in [0.5, 0.6) is 17.2 Å². The molecule has 0 saturated heterocycles. The van der Waals surface area contributed by atoms with Gasteiger partial charge in [0.25, 0.3) is 0 Å². The highest BCUT2D eigenvalue weighted by atomic mass is 19.1. The summed E-state index contributed by atoms with van der Waals surface area (Å²) in [7, 11) is 4.56. The zero-order valence-corrected chi connectivity index (χ0v) is 16.0. The molecule has 1 aromatic heterocycles. The Balaban J connectivity index is 2.17. The van der Waals surface area contributed by atoms with Crippen molar-refractivity contribution in [3.05, 3.63) is 58.5 Å². The molecule has 7 heteroatoms. The summed E-state index contributed by atoms with van der Waals surface area (Å²) in [6, 6.07) is 10.6. The fourth-order valence-corrected chi connectivity index (χ4v) is 3.39. The van der Waals surface area contributed by atoms with Crippen molar-refractivity contribution in [1.82, 2.24) is 0 Å². The lowest BCUT2D eigenvalue weighted by atomic mass is 10.0. The molecule has 0 bridgehead atoms. The van der Waals surface area contributed by atoms with E-state index in [0.717, 1.165) is 0 Å². The van der Waals surface area contributed by atoms with Crippen LogP contribution in [0.15, 0.2) is 51.7 Å². The van der Waals surface area contributed by atoms with E-state index in [9.17, 15) is 9.18 Å². The average Bonchev–Trinajstić information content (AvgIpc) is 2.74. The number of rotatable bonds is 4. The van der Waals surface area contributed by atoms with Crippen molar-refractivity contribution in [3.8, 4) is 28.6 Å². The van der Waals surface area contributed by atoms with E-state index in [4.69, 9.17) is 24.4 Å². The van der Waals surface area contributed by atoms with Gasteiger partial charge in [-0.3, -0.25) is 4.79 Å². The maximum atomic E-state index is 14.0. The molecular weight excluding hydrogens is 377 g/mol. The number of methoxy groups -OCH3 is 3. The molecule has 6 nitrogen and oxygen atoms in total. The van der Waals surface area contributed by atoms with Crippen LogP contribution in [0.4, 0.5) is 10.1 Å². The Morgan fingerprint density at radius 2 is 1.52 bits per heavy atom. The van der Waals surface area contributed by atoms with Gasteiger partial charge in [-0.05, 0) is 36.4 Å². The van der Waals surface area contributed by atoms with Gasteiger partial charge >= 0.3 is 0 Å². The minimum atomic E-state index is -0.593. The highest BCUT2D eigenvalue weighted by molar-refractivity contribution is 6.13. The van der Waals surface area contributed by atoms with Crippen molar-refractivity contribution >= 4 is 27.4 Å². The predicted molar refractivity (Wildman–Crippen MR) is 109 cm³/mol. The molecule has 4 aromatic rings. The van der Waals surface area contributed by atoms with Crippen LogP contribution in [-0.2, 0) is 0 Å². The molecule has 0 spiro atoms. The lowest BCUT2D eigenvalue weighted by molar-refractivity contribution is 0.400. The molecule has 0 atom stereocenters. The van der Waals surface area contributed by atoms with Gasteiger partial charge < -0.3 is 24.4 Å². The molecule has 0 radical (unpaired) electrons. The molecular formula is C22H18FNO5. The standard InChI is InChI=1S/C22H18FNO5/c1-26-16-6-7-17(27-2)21-20(16)19(28-3)9-12-15(25)10-18(29-22(12)21)11-4-5-14(24)13(23)8-11/h4-10H,24H2,1-3H3. The van der Waals surface area contributed by atoms with Gasteiger partial charge in [-0.15, -0.1) is 0 Å². The summed E-state index contributed by atoms with van der Waals surface area (Å²) in [6.45, 7) is 0. The fourth-order valence-electron chi connectivity index (χ4n) is 3.39. The third kappa shape index (κ3) is 2.91. The van der Waals surface area contributed by atoms with Gasteiger partial charge in [0.15, 0.2) is 11.0 Å². The monoisotopic (exact) mass is 395 g/mol. The van der Waals surface area contributed by atoms with Crippen LogP contribution in [0.2, 0.25) is 0 Å². The second-order valence-corrected chi connectivity index (χ2v) is 6.39. The van der Waals surface area contributed by atoms with E-state index in [2.05, 4.69) is 0 Å². The largest absolute Gasteiger partial charge is 0.496 e. The summed E-state index contributed by atoms with van der Waals surface area (Å²) in [5, 5.41) is 1.43. The summed E-state index contributed by atoms with van der Waals surface area (Å²) < 4.78 is 36.5. The lowest BCUT2D eigenvalue weighted by Gasteiger charge is -2.15. The number of fused-ring (bicyclic) bond motifs is 3. The first-order chi connectivity index (χ1) is 14.0. The van der Waals surface area contributed by atoms with E-state index < -0.39 is 5.82 Å². The van der Waals surface area contributed by atoms with Crippen molar-refractivity contribution < 1.29 is 23.0 Å². The maximum absolute atomic E-state index is 14.0. The van der Waals surface area contributed by atoms with Gasteiger partial charge in [0.1, 0.15) is 28.8 Å². The molecule has 0 unspecified atom stereocenters. The molecule has 29 heavy (non-hydrogen) atoms. The van der Waals surface area contributed by atoms with E-state index in [1.165, 1.54) is 39.5 Å². The normalized spacial score (nSPS) is 11.0. The van der Waals surface area contributed by atoms with Crippen LogP contribution >= 0.6 is 0 Å². The van der Waals surface area contributed by atoms with Crippen molar-refractivity contribution in [1.29, 1.82) is 0 Å². The van der Waals surface area contributed by atoms with Gasteiger partial charge in [0.2, 0.25) is 0 Å². The molecule has 0 fully saturated rings. The zero-order chi connectivity index (χ0) is 20.7. The number of nitrogens with two attached hydrogens (primary N) is 1. The van der Waals surface area contributed by atoms with Crippen LogP contribution in [0, 0.1) is 5.82 Å². The van der Waals surface area contributed by atoms with Gasteiger partial charge in [-0.1, -0.05) is 0 Å². The van der Waals surface area contributed by atoms with Crippen LogP contribution in [0.1, 0.15) is 0 Å². The molecule has 0 aliphatic carbocycles. The quantitative estimate of drug-likeness (QED) is 0.408. The SMILES string of the molecule is COc1ccc(OC)c2c1c(OC)cc1c(=O)cc(-c3ccc(N)c(F)c3)oc12. The molecule has 148 valence electrons. The Morgan fingerprint density at radius 1 is 0.862 bits per heavy atom. The molecule has 2 N–H and O–H groups in total. The van der Waals surface area contributed by atoms with E-state index in [1.54, 1.807) is 24.3 Å². The lowest BCUT2D eigenvalue weighted by Crippen LogP contribution is -2.03. The summed E-state index contributed by atoms with van der Waals surface area (Å²) in [4.78, 5) is 12.9. The zero-order valence-electron chi connectivity index (χ0n) is 16.0. The highest BCUT2D eigenvalue weighted by Crippen LogP contribution is 2.43. The Hall–Kier alpha value is -3.74. The van der Waals surface area contributed by atoms with Crippen molar-refractivity contribution in [2.24, 2.45) is 0 Å². The predicted octanol–water partition coefficient (Wildman–Crippen LogP) is 4.36. The molecule has 1 heterocycles. The van der Waals surface area contributed by atoms with E-state index in [1.807, 2.05) is 0 Å². The van der Waals surface area contributed by atoms with Gasteiger partial charge in [0, 0.05) is 11.6 Å².